The molecule has 0 radical (unpaired) electrons. The lowest BCUT2D eigenvalue weighted by atomic mass is 10.2. The zero-order chi connectivity index (χ0) is 23.1. The van der Waals surface area contributed by atoms with Gasteiger partial charge in [-0.1, -0.05) is 45.8 Å². The number of amides is 1. The highest BCUT2D eigenvalue weighted by Crippen LogP contribution is 2.26. The van der Waals surface area contributed by atoms with Crippen LogP contribution < -0.4 is 14.5 Å². The fourth-order valence-electron chi connectivity index (χ4n) is 2.79. The molecule has 166 valence electrons. The maximum Gasteiger partial charge on any atom is 0.264 e. The number of hydrogen-bond donors (Lipinski definition) is 1. The van der Waals surface area contributed by atoms with Crippen molar-refractivity contribution in [2.75, 3.05) is 18.0 Å². The Kier molecular flexibility index (Phi) is 7.66. The number of methoxy groups -OCH3 is 1. The standard InChI is InChI=1S/C23H22BrN3O4S/c1-17-3-13-22(14-4-17)32(29,30)27(20-9-11-21(31-2)12-10-20)16-23(28)26-25-15-18-5-7-19(24)8-6-18/h3-15H,16H2,1-2H3,(H,26,28)/b25-15+. The quantitative estimate of drug-likeness (QED) is 0.361. The minimum atomic E-state index is -3.99. The number of aryl methyl sites for hydroxylation is 1. The van der Waals surface area contributed by atoms with Crippen LogP contribution in [0.2, 0.25) is 0 Å². The number of carbonyl (C=O) groups is 1. The van der Waals surface area contributed by atoms with E-state index in [1.165, 1.54) is 25.5 Å². The van der Waals surface area contributed by atoms with Gasteiger partial charge in [0.05, 0.1) is 23.9 Å². The molecular formula is C23H22BrN3O4S. The van der Waals surface area contributed by atoms with Crippen molar-refractivity contribution in [3.63, 3.8) is 0 Å². The van der Waals surface area contributed by atoms with E-state index in [2.05, 4.69) is 26.5 Å². The molecular weight excluding hydrogens is 494 g/mol. The lowest BCUT2D eigenvalue weighted by molar-refractivity contribution is -0.119. The number of hydrogen-bond acceptors (Lipinski definition) is 5. The molecule has 0 aliphatic carbocycles. The Morgan fingerprint density at radius 3 is 2.25 bits per heavy atom. The van der Waals surface area contributed by atoms with Gasteiger partial charge in [0.1, 0.15) is 12.3 Å². The van der Waals surface area contributed by atoms with Crippen LogP contribution in [0.25, 0.3) is 0 Å². The van der Waals surface area contributed by atoms with Crippen LogP contribution in [0.5, 0.6) is 5.75 Å². The molecule has 0 saturated heterocycles. The maximum absolute atomic E-state index is 13.3. The SMILES string of the molecule is COc1ccc(N(CC(=O)N/N=C/c2ccc(Br)cc2)S(=O)(=O)c2ccc(C)cc2)cc1. The molecule has 3 aromatic carbocycles. The molecule has 1 N–H and O–H groups in total. The van der Waals surface area contributed by atoms with Crippen LogP contribution in [0, 0.1) is 6.92 Å². The van der Waals surface area contributed by atoms with Crippen molar-refractivity contribution in [2.24, 2.45) is 5.10 Å². The van der Waals surface area contributed by atoms with Crippen molar-refractivity contribution in [3.05, 3.63) is 88.4 Å². The fraction of sp³-hybridized carbons (Fsp3) is 0.130. The Morgan fingerprint density at radius 2 is 1.66 bits per heavy atom. The Bertz CT molecular complexity index is 1190. The third-order valence-electron chi connectivity index (χ3n) is 4.53. The molecule has 0 fully saturated rings. The minimum absolute atomic E-state index is 0.0880. The molecule has 0 spiro atoms. The van der Waals surface area contributed by atoms with Gasteiger partial charge in [0.2, 0.25) is 0 Å². The number of nitrogens with one attached hydrogen (secondary N) is 1. The van der Waals surface area contributed by atoms with E-state index in [0.717, 1.165) is 19.9 Å². The summed E-state index contributed by atoms with van der Waals surface area (Å²) in [5.74, 6) is -0.00477. The molecule has 0 aliphatic rings. The zero-order valence-electron chi connectivity index (χ0n) is 17.5. The van der Waals surface area contributed by atoms with E-state index in [4.69, 9.17) is 4.74 Å². The van der Waals surface area contributed by atoms with Gasteiger partial charge < -0.3 is 4.74 Å². The second-order valence-electron chi connectivity index (χ2n) is 6.87. The Labute approximate surface area is 195 Å². The van der Waals surface area contributed by atoms with Crippen LogP contribution in [-0.4, -0.2) is 34.2 Å². The largest absolute Gasteiger partial charge is 0.497 e. The lowest BCUT2D eigenvalue weighted by Gasteiger charge is -2.24. The predicted octanol–water partition coefficient (Wildman–Crippen LogP) is 4.11. The zero-order valence-corrected chi connectivity index (χ0v) is 19.9. The molecule has 0 heterocycles. The summed E-state index contributed by atoms with van der Waals surface area (Å²) in [5.41, 5.74) is 4.44. The first kappa shape index (κ1) is 23.5. The van der Waals surface area contributed by atoms with E-state index in [0.29, 0.717) is 11.4 Å². The number of hydrazone groups is 1. The first-order valence-electron chi connectivity index (χ1n) is 9.60. The number of benzene rings is 3. The fourth-order valence-corrected chi connectivity index (χ4v) is 4.48. The first-order valence-corrected chi connectivity index (χ1v) is 11.8. The molecule has 0 bridgehead atoms. The van der Waals surface area contributed by atoms with Gasteiger partial charge in [-0.3, -0.25) is 9.10 Å². The van der Waals surface area contributed by atoms with Gasteiger partial charge in [-0.2, -0.15) is 5.10 Å². The Hall–Kier alpha value is -3.17. The van der Waals surface area contributed by atoms with Crippen molar-refractivity contribution < 1.29 is 17.9 Å². The third-order valence-corrected chi connectivity index (χ3v) is 6.85. The molecule has 9 heteroatoms. The minimum Gasteiger partial charge on any atom is -0.497 e. The maximum atomic E-state index is 13.3. The monoisotopic (exact) mass is 515 g/mol. The normalized spacial score (nSPS) is 11.3. The summed E-state index contributed by atoms with van der Waals surface area (Å²) in [5, 5.41) is 3.93. The number of carbonyl (C=O) groups excluding carboxylic acids is 1. The van der Waals surface area contributed by atoms with E-state index >= 15 is 0 Å². The molecule has 3 aromatic rings. The molecule has 7 nitrogen and oxygen atoms in total. The summed E-state index contributed by atoms with van der Waals surface area (Å²) in [4.78, 5) is 12.7. The second-order valence-corrected chi connectivity index (χ2v) is 9.65. The van der Waals surface area contributed by atoms with Crippen LogP contribution in [-0.2, 0) is 14.8 Å². The Morgan fingerprint density at radius 1 is 1.03 bits per heavy atom. The smallest absolute Gasteiger partial charge is 0.264 e. The van der Waals surface area contributed by atoms with Crippen LogP contribution in [0.4, 0.5) is 5.69 Å². The molecule has 0 aromatic heterocycles. The highest BCUT2D eigenvalue weighted by atomic mass is 79.9. The van der Waals surface area contributed by atoms with E-state index in [9.17, 15) is 13.2 Å². The van der Waals surface area contributed by atoms with Gasteiger partial charge in [-0.25, -0.2) is 13.8 Å². The van der Waals surface area contributed by atoms with Crippen molar-refractivity contribution in [3.8, 4) is 5.75 Å². The van der Waals surface area contributed by atoms with Gasteiger partial charge in [-0.15, -0.1) is 0 Å². The first-order chi connectivity index (χ1) is 15.3. The van der Waals surface area contributed by atoms with E-state index < -0.39 is 22.5 Å². The van der Waals surface area contributed by atoms with E-state index in [1.54, 1.807) is 36.4 Å². The predicted molar refractivity (Wildman–Crippen MR) is 129 cm³/mol. The summed E-state index contributed by atoms with van der Waals surface area (Å²) in [7, 11) is -2.47. The average Bonchev–Trinajstić information content (AvgIpc) is 2.79. The highest BCUT2D eigenvalue weighted by molar-refractivity contribution is 9.10. The number of anilines is 1. The van der Waals surface area contributed by atoms with E-state index in [-0.39, 0.29) is 4.90 Å². The van der Waals surface area contributed by atoms with Crippen molar-refractivity contribution >= 4 is 43.8 Å². The highest BCUT2D eigenvalue weighted by Gasteiger charge is 2.27. The summed E-state index contributed by atoms with van der Waals surface area (Å²) < 4.78 is 33.8. The molecule has 3 rings (SSSR count). The molecule has 0 aliphatic heterocycles. The van der Waals surface area contributed by atoms with Gasteiger partial charge in [0.15, 0.2) is 0 Å². The number of rotatable bonds is 8. The van der Waals surface area contributed by atoms with Crippen molar-refractivity contribution in [1.29, 1.82) is 0 Å². The van der Waals surface area contributed by atoms with E-state index in [1.807, 2.05) is 31.2 Å². The average molecular weight is 516 g/mol. The topological polar surface area (TPSA) is 88.1 Å². The molecule has 0 unspecified atom stereocenters. The number of nitrogens with zero attached hydrogens (tertiary/aromatic N) is 2. The Balaban J connectivity index is 1.83. The molecule has 0 atom stereocenters. The van der Waals surface area contributed by atoms with Gasteiger partial charge in [0, 0.05) is 4.47 Å². The third kappa shape index (κ3) is 5.95. The van der Waals surface area contributed by atoms with Gasteiger partial charge >= 0.3 is 0 Å². The second kappa shape index (κ2) is 10.4. The summed E-state index contributed by atoms with van der Waals surface area (Å²) in [6.07, 6.45) is 1.48. The number of ether oxygens (including phenoxy) is 1. The molecule has 32 heavy (non-hydrogen) atoms. The number of sulfonamides is 1. The molecule has 1 amide bonds. The molecule has 0 saturated carbocycles. The lowest BCUT2D eigenvalue weighted by Crippen LogP contribution is -2.39. The van der Waals surface area contributed by atoms with Crippen LogP contribution in [0.15, 0.2) is 87.3 Å². The van der Waals surface area contributed by atoms with Crippen LogP contribution in [0.3, 0.4) is 0 Å². The van der Waals surface area contributed by atoms with Crippen LogP contribution in [0.1, 0.15) is 11.1 Å². The summed E-state index contributed by atoms with van der Waals surface area (Å²) in [6, 6.07) is 20.2. The van der Waals surface area contributed by atoms with Crippen molar-refractivity contribution in [2.45, 2.75) is 11.8 Å². The van der Waals surface area contributed by atoms with Crippen molar-refractivity contribution in [1.82, 2.24) is 5.43 Å². The summed E-state index contributed by atoms with van der Waals surface area (Å²) >= 11 is 3.35. The number of halogens is 1. The van der Waals surface area contributed by atoms with Gasteiger partial charge in [0.25, 0.3) is 15.9 Å². The van der Waals surface area contributed by atoms with Crippen LogP contribution >= 0.6 is 15.9 Å². The summed E-state index contributed by atoms with van der Waals surface area (Å²) in [6.45, 7) is 1.43. The van der Waals surface area contributed by atoms with Gasteiger partial charge in [-0.05, 0) is 61.0 Å².